The summed E-state index contributed by atoms with van der Waals surface area (Å²) in [6.07, 6.45) is 0. The van der Waals surface area contributed by atoms with E-state index in [1.165, 1.54) is 0 Å². The van der Waals surface area contributed by atoms with Gasteiger partial charge in [0.05, 0.1) is 11.5 Å². The van der Waals surface area contributed by atoms with Crippen LogP contribution in [0.4, 0.5) is 0 Å². The maximum Gasteiger partial charge on any atom is 0.380 e. The first-order chi connectivity index (χ1) is 10.1. The molecule has 1 heterocycles. The lowest BCUT2D eigenvalue weighted by molar-refractivity contribution is -0.137. The van der Waals surface area contributed by atoms with Crippen molar-refractivity contribution in [2.45, 2.75) is 13.5 Å². The van der Waals surface area contributed by atoms with Crippen molar-refractivity contribution in [2.75, 3.05) is 6.61 Å². The molecule has 0 aliphatic rings. The quantitative estimate of drug-likeness (QED) is 0.461. The summed E-state index contributed by atoms with van der Waals surface area (Å²) in [5, 5.41) is 1.20. The number of benzene rings is 1. The predicted octanol–water partition coefficient (Wildman–Crippen LogP) is 3.73. The lowest BCUT2D eigenvalue weighted by Crippen LogP contribution is -2.16. The van der Waals surface area contributed by atoms with Gasteiger partial charge >= 0.3 is 5.97 Å². The van der Waals surface area contributed by atoms with Crippen LogP contribution in [0.15, 0.2) is 36.4 Å². The Morgan fingerprint density at radius 3 is 2.76 bits per heavy atom. The molecule has 0 aliphatic carbocycles. The molecule has 0 atom stereocenters. The predicted molar refractivity (Wildman–Crippen MR) is 81.1 cm³/mol. The van der Waals surface area contributed by atoms with Crippen molar-refractivity contribution in [3.8, 4) is 5.06 Å². The van der Waals surface area contributed by atoms with Gasteiger partial charge in [0, 0.05) is 5.02 Å². The van der Waals surface area contributed by atoms with Crippen LogP contribution in [0, 0.1) is 0 Å². The van der Waals surface area contributed by atoms with Gasteiger partial charge in [-0.2, -0.15) is 0 Å². The Morgan fingerprint density at radius 2 is 2.05 bits per heavy atom. The van der Waals surface area contributed by atoms with E-state index in [0.29, 0.717) is 21.6 Å². The molecule has 1 aromatic heterocycles. The highest BCUT2D eigenvalue weighted by molar-refractivity contribution is 7.16. The van der Waals surface area contributed by atoms with E-state index in [1.807, 2.05) is 12.1 Å². The number of halogens is 1. The molecule has 110 valence electrons. The Morgan fingerprint density at radius 1 is 1.24 bits per heavy atom. The topological polar surface area (TPSA) is 52.6 Å². The van der Waals surface area contributed by atoms with Gasteiger partial charge in [0.2, 0.25) is 0 Å². The normalized spacial score (nSPS) is 10.2. The Labute approximate surface area is 131 Å². The number of rotatable bonds is 6. The van der Waals surface area contributed by atoms with Gasteiger partial charge in [0.15, 0.2) is 5.06 Å². The Hall–Kier alpha value is -1.85. The van der Waals surface area contributed by atoms with E-state index in [4.69, 9.17) is 16.3 Å². The third kappa shape index (κ3) is 4.31. The minimum Gasteiger partial charge on any atom is -0.479 e. The SMILES string of the molecule is CCOC(=O)C(=O)c1ccc(OCc2cccc(Cl)c2)s1. The molecule has 21 heavy (non-hydrogen) atoms. The summed E-state index contributed by atoms with van der Waals surface area (Å²) in [5.74, 6) is -1.50. The molecule has 0 N–H and O–H groups in total. The third-order valence-corrected chi connectivity index (χ3v) is 3.77. The van der Waals surface area contributed by atoms with Crippen LogP contribution >= 0.6 is 22.9 Å². The minimum atomic E-state index is -0.847. The van der Waals surface area contributed by atoms with Crippen LogP contribution in [0.1, 0.15) is 22.2 Å². The number of ketones is 1. The number of esters is 1. The smallest absolute Gasteiger partial charge is 0.380 e. The number of thiophene rings is 1. The maximum atomic E-state index is 11.7. The molecule has 0 amide bonds. The number of ether oxygens (including phenoxy) is 2. The van der Waals surface area contributed by atoms with Crippen molar-refractivity contribution in [3.63, 3.8) is 0 Å². The van der Waals surface area contributed by atoms with E-state index < -0.39 is 11.8 Å². The van der Waals surface area contributed by atoms with Crippen molar-refractivity contribution in [2.24, 2.45) is 0 Å². The number of Topliss-reactive ketones (excluding diaryl/α,β-unsaturated/α-hetero) is 1. The summed E-state index contributed by atoms with van der Waals surface area (Å²) < 4.78 is 10.2. The van der Waals surface area contributed by atoms with Gasteiger partial charge in [0.1, 0.15) is 6.61 Å². The van der Waals surface area contributed by atoms with Crippen LogP contribution in [0.5, 0.6) is 5.06 Å². The van der Waals surface area contributed by atoms with Gasteiger partial charge in [0.25, 0.3) is 5.78 Å². The molecule has 1 aromatic carbocycles. The zero-order valence-electron chi connectivity index (χ0n) is 11.3. The van der Waals surface area contributed by atoms with Crippen LogP contribution in [-0.4, -0.2) is 18.4 Å². The number of carbonyl (C=O) groups excluding carboxylic acids is 2. The van der Waals surface area contributed by atoms with Crippen molar-refractivity contribution in [1.29, 1.82) is 0 Å². The highest BCUT2D eigenvalue weighted by atomic mass is 35.5. The number of carbonyl (C=O) groups is 2. The second kappa shape index (κ2) is 7.24. The lowest BCUT2D eigenvalue weighted by Gasteiger charge is -2.03. The second-order valence-electron chi connectivity index (χ2n) is 4.09. The fourth-order valence-electron chi connectivity index (χ4n) is 1.60. The molecule has 2 rings (SSSR count). The van der Waals surface area contributed by atoms with Crippen LogP contribution in [0.2, 0.25) is 5.02 Å². The number of hydrogen-bond donors (Lipinski definition) is 0. The van der Waals surface area contributed by atoms with Crippen molar-refractivity contribution >= 4 is 34.7 Å². The van der Waals surface area contributed by atoms with E-state index in [1.54, 1.807) is 31.2 Å². The highest BCUT2D eigenvalue weighted by Crippen LogP contribution is 2.26. The zero-order valence-corrected chi connectivity index (χ0v) is 12.9. The van der Waals surface area contributed by atoms with E-state index in [-0.39, 0.29) is 6.61 Å². The molecule has 0 unspecified atom stereocenters. The summed E-state index contributed by atoms with van der Waals surface area (Å²) in [7, 11) is 0. The van der Waals surface area contributed by atoms with Gasteiger partial charge in [-0.15, -0.1) is 0 Å². The first-order valence-electron chi connectivity index (χ1n) is 6.28. The Kier molecular flexibility index (Phi) is 5.36. The van der Waals surface area contributed by atoms with Crippen LogP contribution in [0.3, 0.4) is 0 Å². The molecule has 0 radical (unpaired) electrons. The van der Waals surface area contributed by atoms with Gasteiger partial charge in [-0.3, -0.25) is 4.79 Å². The van der Waals surface area contributed by atoms with Gasteiger partial charge in [-0.1, -0.05) is 35.1 Å². The molecule has 0 spiro atoms. The van der Waals surface area contributed by atoms with Crippen molar-refractivity contribution in [1.82, 2.24) is 0 Å². The van der Waals surface area contributed by atoms with E-state index >= 15 is 0 Å². The summed E-state index contributed by atoms with van der Waals surface area (Å²) in [6.45, 7) is 2.17. The zero-order chi connectivity index (χ0) is 15.2. The van der Waals surface area contributed by atoms with Gasteiger partial charge < -0.3 is 9.47 Å². The molecule has 0 fully saturated rings. The first-order valence-corrected chi connectivity index (χ1v) is 7.48. The highest BCUT2D eigenvalue weighted by Gasteiger charge is 2.19. The lowest BCUT2D eigenvalue weighted by atomic mass is 10.2. The van der Waals surface area contributed by atoms with Crippen molar-refractivity contribution < 1.29 is 19.1 Å². The third-order valence-electron chi connectivity index (χ3n) is 2.54. The number of hydrogen-bond acceptors (Lipinski definition) is 5. The molecule has 4 nitrogen and oxygen atoms in total. The molecule has 2 aromatic rings. The van der Waals surface area contributed by atoms with Crippen LogP contribution < -0.4 is 4.74 Å². The first kappa shape index (κ1) is 15.5. The van der Waals surface area contributed by atoms with Gasteiger partial charge in [-0.05, 0) is 36.8 Å². The van der Waals surface area contributed by atoms with Crippen LogP contribution in [0.25, 0.3) is 0 Å². The molecule has 0 bridgehead atoms. The van der Waals surface area contributed by atoms with Gasteiger partial charge in [-0.25, -0.2) is 4.79 Å². The molecule has 0 aliphatic heterocycles. The molecule has 6 heteroatoms. The fourth-order valence-corrected chi connectivity index (χ4v) is 2.59. The average Bonchev–Trinajstić information content (AvgIpc) is 2.93. The molecular formula is C15H13ClO4S. The summed E-state index contributed by atoms with van der Waals surface area (Å²) >= 11 is 7.00. The largest absolute Gasteiger partial charge is 0.479 e. The summed E-state index contributed by atoms with van der Waals surface area (Å²) in [6, 6.07) is 10.5. The fraction of sp³-hybridized carbons (Fsp3) is 0.200. The van der Waals surface area contributed by atoms with Crippen LogP contribution in [-0.2, 0) is 16.1 Å². The second-order valence-corrected chi connectivity index (χ2v) is 5.57. The Bertz CT molecular complexity index is 651. The summed E-state index contributed by atoms with van der Waals surface area (Å²) in [4.78, 5) is 23.4. The van der Waals surface area contributed by atoms with E-state index in [2.05, 4.69) is 4.74 Å². The van der Waals surface area contributed by atoms with Crippen molar-refractivity contribution in [3.05, 3.63) is 51.9 Å². The van der Waals surface area contributed by atoms with E-state index in [9.17, 15) is 9.59 Å². The minimum absolute atomic E-state index is 0.175. The monoisotopic (exact) mass is 324 g/mol. The average molecular weight is 325 g/mol. The Balaban J connectivity index is 1.97. The van der Waals surface area contributed by atoms with E-state index in [0.717, 1.165) is 16.9 Å². The molecular weight excluding hydrogens is 312 g/mol. The molecule has 0 saturated heterocycles. The maximum absolute atomic E-state index is 11.7. The standard InChI is InChI=1S/C15H13ClO4S/c1-2-19-15(18)14(17)12-6-7-13(21-12)20-9-10-4-3-5-11(16)8-10/h3-8H,2,9H2,1H3. The molecule has 0 saturated carbocycles. The summed E-state index contributed by atoms with van der Waals surface area (Å²) in [5.41, 5.74) is 0.925.